The average molecular weight is 299 g/mol. The normalized spacial score (nSPS) is 17.5. The van der Waals surface area contributed by atoms with Crippen LogP contribution in [0.3, 0.4) is 0 Å². The fraction of sp³-hybridized carbons (Fsp3) is 0.412. The third-order valence-corrected chi connectivity index (χ3v) is 4.84. The standard InChI is InChI=1S/C17H21N3S/c1-18-10-12-3-8-16-14(9-12)11-19-17(20-16)13-4-6-15(21-2)7-5-13/h4-7,11-12,18H,3,8-10H2,1-2H3. The van der Waals surface area contributed by atoms with Crippen molar-refractivity contribution in [2.45, 2.75) is 24.2 Å². The van der Waals surface area contributed by atoms with E-state index in [2.05, 4.69) is 40.8 Å². The predicted octanol–water partition coefficient (Wildman–Crippen LogP) is 3.19. The average Bonchev–Trinajstić information content (AvgIpc) is 2.55. The Hall–Kier alpha value is -1.39. The van der Waals surface area contributed by atoms with Gasteiger partial charge in [-0.05, 0) is 62.7 Å². The minimum absolute atomic E-state index is 0.720. The summed E-state index contributed by atoms with van der Waals surface area (Å²) in [4.78, 5) is 10.6. The van der Waals surface area contributed by atoms with Crippen LogP contribution in [-0.2, 0) is 12.8 Å². The highest BCUT2D eigenvalue weighted by Gasteiger charge is 2.20. The summed E-state index contributed by atoms with van der Waals surface area (Å²) < 4.78 is 0. The van der Waals surface area contributed by atoms with Gasteiger partial charge in [0.25, 0.3) is 0 Å². The van der Waals surface area contributed by atoms with Crippen LogP contribution in [0.4, 0.5) is 0 Å². The molecule has 110 valence electrons. The van der Waals surface area contributed by atoms with Crippen molar-refractivity contribution >= 4 is 11.8 Å². The molecule has 1 unspecified atom stereocenters. The maximum Gasteiger partial charge on any atom is 0.159 e. The molecule has 0 bridgehead atoms. The molecule has 0 spiro atoms. The van der Waals surface area contributed by atoms with Crippen molar-refractivity contribution in [3.05, 3.63) is 41.7 Å². The monoisotopic (exact) mass is 299 g/mol. The Kier molecular flexibility index (Phi) is 4.56. The van der Waals surface area contributed by atoms with Gasteiger partial charge in [0, 0.05) is 22.3 Å². The van der Waals surface area contributed by atoms with E-state index in [0.717, 1.165) is 36.7 Å². The van der Waals surface area contributed by atoms with Crippen LogP contribution in [0.25, 0.3) is 11.4 Å². The Morgan fingerprint density at radius 2 is 2.10 bits per heavy atom. The Balaban J connectivity index is 1.83. The van der Waals surface area contributed by atoms with Crippen molar-refractivity contribution in [3.63, 3.8) is 0 Å². The topological polar surface area (TPSA) is 37.8 Å². The first kappa shape index (κ1) is 14.5. The highest BCUT2D eigenvalue weighted by atomic mass is 32.2. The Morgan fingerprint density at radius 1 is 1.29 bits per heavy atom. The van der Waals surface area contributed by atoms with E-state index in [-0.39, 0.29) is 0 Å². The molecule has 3 nitrogen and oxygen atoms in total. The molecular formula is C17H21N3S. The molecule has 1 aromatic carbocycles. The fourth-order valence-corrected chi connectivity index (χ4v) is 3.33. The van der Waals surface area contributed by atoms with Crippen LogP contribution in [-0.4, -0.2) is 29.8 Å². The van der Waals surface area contributed by atoms with Gasteiger partial charge in [0.15, 0.2) is 5.82 Å². The van der Waals surface area contributed by atoms with Crippen molar-refractivity contribution in [2.75, 3.05) is 19.8 Å². The maximum atomic E-state index is 4.80. The van der Waals surface area contributed by atoms with E-state index in [0.29, 0.717) is 0 Å². The van der Waals surface area contributed by atoms with Crippen molar-refractivity contribution < 1.29 is 0 Å². The third-order valence-electron chi connectivity index (χ3n) is 4.09. The zero-order chi connectivity index (χ0) is 14.7. The molecule has 1 N–H and O–H groups in total. The SMILES string of the molecule is CNCC1CCc2nc(-c3ccc(SC)cc3)ncc2C1. The quantitative estimate of drug-likeness (QED) is 0.880. The molecule has 0 radical (unpaired) electrons. The van der Waals surface area contributed by atoms with Gasteiger partial charge in [-0.1, -0.05) is 12.1 Å². The highest BCUT2D eigenvalue weighted by Crippen LogP contribution is 2.26. The Labute approximate surface area is 130 Å². The summed E-state index contributed by atoms with van der Waals surface area (Å²) >= 11 is 1.75. The van der Waals surface area contributed by atoms with Gasteiger partial charge in [-0.25, -0.2) is 9.97 Å². The molecule has 4 heteroatoms. The van der Waals surface area contributed by atoms with Crippen LogP contribution < -0.4 is 5.32 Å². The second kappa shape index (κ2) is 6.58. The molecule has 0 fully saturated rings. The zero-order valence-corrected chi connectivity index (χ0v) is 13.4. The van der Waals surface area contributed by atoms with E-state index >= 15 is 0 Å². The lowest BCUT2D eigenvalue weighted by atomic mass is 9.87. The number of nitrogens with one attached hydrogen (secondary N) is 1. The lowest BCUT2D eigenvalue weighted by molar-refractivity contribution is 0.434. The minimum atomic E-state index is 0.720. The number of benzene rings is 1. The molecule has 0 amide bonds. The summed E-state index contributed by atoms with van der Waals surface area (Å²) in [5.41, 5.74) is 3.67. The lowest BCUT2D eigenvalue weighted by Gasteiger charge is -2.23. The van der Waals surface area contributed by atoms with Crippen molar-refractivity contribution in [1.29, 1.82) is 0 Å². The number of aryl methyl sites for hydroxylation is 1. The van der Waals surface area contributed by atoms with Gasteiger partial charge in [0.1, 0.15) is 0 Å². The molecule has 1 aromatic heterocycles. The Morgan fingerprint density at radius 3 is 2.81 bits per heavy atom. The molecule has 1 aliphatic rings. The van der Waals surface area contributed by atoms with Gasteiger partial charge in [-0.3, -0.25) is 0 Å². The molecule has 3 rings (SSSR count). The summed E-state index contributed by atoms with van der Waals surface area (Å²) in [5, 5.41) is 3.27. The zero-order valence-electron chi connectivity index (χ0n) is 12.6. The van der Waals surface area contributed by atoms with E-state index in [1.807, 2.05) is 13.2 Å². The van der Waals surface area contributed by atoms with Crippen molar-refractivity contribution in [1.82, 2.24) is 15.3 Å². The molecular weight excluding hydrogens is 278 g/mol. The number of hydrogen-bond acceptors (Lipinski definition) is 4. The number of fused-ring (bicyclic) bond motifs is 1. The van der Waals surface area contributed by atoms with E-state index < -0.39 is 0 Å². The van der Waals surface area contributed by atoms with Gasteiger partial charge in [-0.15, -0.1) is 11.8 Å². The number of aromatic nitrogens is 2. The van der Waals surface area contributed by atoms with Gasteiger partial charge in [0.2, 0.25) is 0 Å². The second-order valence-corrected chi connectivity index (χ2v) is 6.44. The van der Waals surface area contributed by atoms with E-state index in [1.54, 1.807) is 11.8 Å². The first-order valence-electron chi connectivity index (χ1n) is 7.44. The second-order valence-electron chi connectivity index (χ2n) is 5.56. The van der Waals surface area contributed by atoms with Crippen molar-refractivity contribution in [2.24, 2.45) is 5.92 Å². The van der Waals surface area contributed by atoms with Gasteiger partial charge in [-0.2, -0.15) is 0 Å². The third kappa shape index (κ3) is 3.27. The molecule has 2 aromatic rings. The number of thioether (sulfide) groups is 1. The number of nitrogens with zero attached hydrogens (tertiary/aromatic N) is 2. The predicted molar refractivity (Wildman–Crippen MR) is 88.7 cm³/mol. The maximum absolute atomic E-state index is 4.80. The number of hydrogen-bond donors (Lipinski definition) is 1. The van der Waals surface area contributed by atoms with E-state index in [1.165, 1.54) is 22.6 Å². The summed E-state index contributed by atoms with van der Waals surface area (Å²) in [7, 11) is 2.02. The van der Waals surface area contributed by atoms with Crippen LogP contribution in [0, 0.1) is 5.92 Å². The summed E-state index contributed by atoms with van der Waals surface area (Å²) in [6.45, 7) is 1.08. The summed E-state index contributed by atoms with van der Waals surface area (Å²) in [6, 6.07) is 8.48. The fourth-order valence-electron chi connectivity index (χ4n) is 2.93. The Bertz CT molecular complexity index is 610. The lowest BCUT2D eigenvalue weighted by Crippen LogP contribution is -2.25. The molecule has 0 saturated carbocycles. The van der Waals surface area contributed by atoms with Crippen LogP contribution in [0.1, 0.15) is 17.7 Å². The molecule has 0 saturated heterocycles. The smallest absolute Gasteiger partial charge is 0.159 e. The van der Waals surface area contributed by atoms with E-state index in [4.69, 9.17) is 4.98 Å². The molecule has 1 atom stereocenters. The van der Waals surface area contributed by atoms with Gasteiger partial charge >= 0.3 is 0 Å². The molecule has 1 aliphatic carbocycles. The van der Waals surface area contributed by atoms with Crippen LogP contribution in [0.2, 0.25) is 0 Å². The summed E-state index contributed by atoms with van der Waals surface area (Å²) in [6.07, 6.45) is 7.51. The van der Waals surface area contributed by atoms with Gasteiger partial charge in [0.05, 0.1) is 0 Å². The van der Waals surface area contributed by atoms with Crippen LogP contribution in [0.5, 0.6) is 0 Å². The first-order valence-corrected chi connectivity index (χ1v) is 8.66. The van der Waals surface area contributed by atoms with Crippen LogP contribution >= 0.6 is 11.8 Å². The van der Waals surface area contributed by atoms with Crippen molar-refractivity contribution in [3.8, 4) is 11.4 Å². The molecule has 21 heavy (non-hydrogen) atoms. The molecule has 1 heterocycles. The first-order chi connectivity index (χ1) is 10.3. The van der Waals surface area contributed by atoms with Crippen LogP contribution in [0.15, 0.2) is 35.4 Å². The van der Waals surface area contributed by atoms with Gasteiger partial charge < -0.3 is 5.32 Å². The van der Waals surface area contributed by atoms with E-state index in [9.17, 15) is 0 Å². The largest absolute Gasteiger partial charge is 0.319 e. The highest BCUT2D eigenvalue weighted by molar-refractivity contribution is 7.98. The number of rotatable bonds is 4. The summed E-state index contributed by atoms with van der Waals surface area (Å²) in [5.74, 6) is 1.58. The molecule has 0 aliphatic heterocycles. The minimum Gasteiger partial charge on any atom is -0.319 e.